The Bertz CT molecular complexity index is 396. The van der Waals surface area contributed by atoms with Crippen LogP contribution < -0.4 is 4.74 Å². The number of rotatable bonds is 3. The second-order valence-electron chi connectivity index (χ2n) is 4.51. The van der Waals surface area contributed by atoms with E-state index in [0.29, 0.717) is 26.3 Å². The van der Waals surface area contributed by atoms with E-state index in [2.05, 4.69) is 0 Å². The lowest BCUT2D eigenvalue weighted by Crippen LogP contribution is -2.46. The van der Waals surface area contributed by atoms with Crippen molar-refractivity contribution >= 4 is 5.91 Å². The minimum Gasteiger partial charge on any atom is -0.481 e. The maximum Gasteiger partial charge on any atom is 0.263 e. The van der Waals surface area contributed by atoms with Gasteiger partial charge < -0.3 is 14.4 Å². The normalized spacial score (nSPS) is 17.3. The molecule has 0 aliphatic carbocycles. The van der Waals surface area contributed by atoms with Gasteiger partial charge in [-0.1, -0.05) is 17.7 Å². The summed E-state index contributed by atoms with van der Waals surface area (Å²) in [7, 11) is 0. The molecule has 1 aromatic carbocycles. The smallest absolute Gasteiger partial charge is 0.263 e. The average molecular weight is 249 g/mol. The van der Waals surface area contributed by atoms with Gasteiger partial charge in [0.05, 0.1) is 13.2 Å². The summed E-state index contributed by atoms with van der Waals surface area (Å²) in [4.78, 5) is 13.9. The van der Waals surface area contributed by atoms with E-state index in [9.17, 15) is 4.79 Å². The van der Waals surface area contributed by atoms with Gasteiger partial charge in [0.2, 0.25) is 0 Å². The average Bonchev–Trinajstić information content (AvgIpc) is 2.41. The predicted molar refractivity (Wildman–Crippen MR) is 68.7 cm³/mol. The molecule has 0 radical (unpaired) electrons. The Kier molecular flexibility index (Phi) is 4.20. The van der Waals surface area contributed by atoms with E-state index in [1.54, 1.807) is 11.8 Å². The lowest BCUT2D eigenvalue weighted by Gasteiger charge is -2.29. The number of carbonyl (C=O) groups excluding carboxylic acids is 1. The van der Waals surface area contributed by atoms with Crippen LogP contribution in [0.1, 0.15) is 12.5 Å². The maximum absolute atomic E-state index is 12.1. The molecule has 1 aliphatic heterocycles. The second kappa shape index (κ2) is 5.87. The summed E-state index contributed by atoms with van der Waals surface area (Å²) in [6.45, 7) is 6.34. The molecule has 1 aromatic rings. The molecule has 1 saturated heterocycles. The van der Waals surface area contributed by atoms with Gasteiger partial charge in [0.15, 0.2) is 6.10 Å². The van der Waals surface area contributed by atoms with E-state index in [4.69, 9.17) is 9.47 Å². The quantitative estimate of drug-likeness (QED) is 0.817. The first kappa shape index (κ1) is 12.9. The van der Waals surface area contributed by atoms with Crippen molar-refractivity contribution in [3.8, 4) is 5.75 Å². The van der Waals surface area contributed by atoms with Crippen molar-refractivity contribution in [1.82, 2.24) is 4.90 Å². The summed E-state index contributed by atoms with van der Waals surface area (Å²) in [5, 5.41) is 0. The fourth-order valence-corrected chi connectivity index (χ4v) is 1.91. The number of ether oxygens (including phenoxy) is 2. The van der Waals surface area contributed by atoms with Crippen LogP contribution in [0.4, 0.5) is 0 Å². The maximum atomic E-state index is 12.1. The Hall–Kier alpha value is -1.55. The zero-order valence-electron chi connectivity index (χ0n) is 10.9. The number of hydrogen-bond donors (Lipinski definition) is 0. The Morgan fingerprint density at radius 1 is 1.28 bits per heavy atom. The number of morpholine rings is 1. The Morgan fingerprint density at radius 3 is 2.50 bits per heavy atom. The van der Waals surface area contributed by atoms with Crippen molar-refractivity contribution in [3.05, 3.63) is 29.8 Å². The monoisotopic (exact) mass is 249 g/mol. The van der Waals surface area contributed by atoms with E-state index in [0.717, 1.165) is 5.75 Å². The first-order valence-corrected chi connectivity index (χ1v) is 6.26. The van der Waals surface area contributed by atoms with Gasteiger partial charge in [-0.25, -0.2) is 0 Å². The van der Waals surface area contributed by atoms with Gasteiger partial charge in [0.25, 0.3) is 5.91 Å². The number of nitrogens with zero attached hydrogens (tertiary/aromatic N) is 1. The molecule has 4 heteroatoms. The van der Waals surface area contributed by atoms with Gasteiger partial charge in [0, 0.05) is 13.1 Å². The third kappa shape index (κ3) is 3.23. The molecule has 1 unspecified atom stereocenters. The minimum atomic E-state index is -0.453. The van der Waals surface area contributed by atoms with Crippen LogP contribution in [0.3, 0.4) is 0 Å². The first-order valence-electron chi connectivity index (χ1n) is 6.26. The topological polar surface area (TPSA) is 38.8 Å². The number of hydrogen-bond acceptors (Lipinski definition) is 3. The van der Waals surface area contributed by atoms with Crippen molar-refractivity contribution in [1.29, 1.82) is 0 Å². The molecule has 0 N–H and O–H groups in total. The van der Waals surface area contributed by atoms with Crippen LogP contribution in [0.5, 0.6) is 5.75 Å². The Balaban J connectivity index is 1.92. The van der Waals surface area contributed by atoms with Crippen LogP contribution in [-0.4, -0.2) is 43.2 Å². The van der Waals surface area contributed by atoms with E-state index in [-0.39, 0.29) is 5.91 Å². The highest BCUT2D eigenvalue weighted by Gasteiger charge is 2.23. The summed E-state index contributed by atoms with van der Waals surface area (Å²) >= 11 is 0. The molecule has 2 rings (SSSR count). The fraction of sp³-hybridized carbons (Fsp3) is 0.500. The van der Waals surface area contributed by atoms with E-state index in [1.165, 1.54) is 5.56 Å². The van der Waals surface area contributed by atoms with Crippen LogP contribution in [0, 0.1) is 6.92 Å². The largest absolute Gasteiger partial charge is 0.481 e. The predicted octanol–water partition coefficient (Wildman–Crippen LogP) is 1.62. The summed E-state index contributed by atoms with van der Waals surface area (Å²) in [5.74, 6) is 0.758. The Morgan fingerprint density at radius 2 is 1.89 bits per heavy atom. The molecule has 0 spiro atoms. The van der Waals surface area contributed by atoms with Crippen LogP contribution in [0.15, 0.2) is 24.3 Å². The van der Waals surface area contributed by atoms with Crippen molar-refractivity contribution in [2.24, 2.45) is 0 Å². The third-order valence-corrected chi connectivity index (χ3v) is 3.00. The molecule has 1 amide bonds. The van der Waals surface area contributed by atoms with Gasteiger partial charge in [-0.15, -0.1) is 0 Å². The molecule has 0 aromatic heterocycles. The van der Waals surface area contributed by atoms with Crippen molar-refractivity contribution < 1.29 is 14.3 Å². The zero-order chi connectivity index (χ0) is 13.0. The molecule has 4 nitrogen and oxygen atoms in total. The fourth-order valence-electron chi connectivity index (χ4n) is 1.91. The van der Waals surface area contributed by atoms with Gasteiger partial charge in [-0.05, 0) is 26.0 Å². The summed E-state index contributed by atoms with van der Waals surface area (Å²) in [6, 6.07) is 7.72. The second-order valence-corrected chi connectivity index (χ2v) is 4.51. The van der Waals surface area contributed by atoms with Crippen LogP contribution in [0.2, 0.25) is 0 Å². The summed E-state index contributed by atoms with van der Waals surface area (Å²) in [6.07, 6.45) is -0.453. The van der Waals surface area contributed by atoms with Crippen molar-refractivity contribution in [3.63, 3.8) is 0 Å². The SMILES string of the molecule is Cc1ccc(OC(C)C(=O)N2CCOCC2)cc1. The summed E-state index contributed by atoms with van der Waals surface area (Å²) in [5.41, 5.74) is 1.18. The molecule has 1 aliphatic rings. The summed E-state index contributed by atoms with van der Waals surface area (Å²) < 4.78 is 10.9. The van der Waals surface area contributed by atoms with Gasteiger partial charge in [0.1, 0.15) is 5.75 Å². The first-order chi connectivity index (χ1) is 8.66. The molecule has 1 atom stereocenters. The van der Waals surface area contributed by atoms with Gasteiger partial charge in [-0.3, -0.25) is 4.79 Å². The van der Waals surface area contributed by atoms with E-state index >= 15 is 0 Å². The van der Waals surface area contributed by atoms with Crippen LogP contribution >= 0.6 is 0 Å². The highest BCUT2D eigenvalue weighted by atomic mass is 16.5. The molecule has 0 saturated carbocycles. The third-order valence-electron chi connectivity index (χ3n) is 3.00. The highest BCUT2D eigenvalue weighted by Crippen LogP contribution is 2.14. The van der Waals surface area contributed by atoms with E-state index < -0.39 is 6.10 Å². The van der Waals surface area contributed by atoms with Crippen LogP contribution in [0.25, 0.3) is 0 Å². The number of benzene rings is 1. The molecule has 1 heterocycles. The Labute approximate surface area is 107 Å². The molecule has 0 bridgehead atoms. The molecule has 1 fully saturated rings. The molecular formula is C14H19NO3. The van der Waals surface area contributed by atoms with Crippen molar-refractivity contribution in [2.75, 3.05) is 26.3 Å². The number of carbonyl (C=O) groups is 1. The highest BCUT2D eigenvalue weighted by molar-refractivity contribution is 5.81. The number of amides is 1. The van der Waals surface area contributed by atoms with Gasteiger partial charge in [-0.2, -0.15) is 0 Å². The lowest BCUT2D eigenvalue weighted by atomic mass is 10.2. The molecular weight excluding hydrogens is 230 g/mol. The molecule has 18 heavy (non-hydrogen) atoms. The minimum absolute atomic E-state index is 0.0267. The lowest BCUT2D eigenvalue weighted by molar-refractivity contribution is -0.142. The van der Waals surface area contributed by atoms with Gasteiger partial charge >= 0.3 is 0 Å². The standard InChI is InChI=1S/C14H19NO3/c1-11-3-5-13(6-4-11)18-12(2)14(16)15-7-9-17-10-8-15/h3-6,12H,7-10H2,1-2H3. The van der Waals surface area contributed by atoms with Crippen molar-refractivity contribution in [2.45, 2.75) is 20.0 Å². The molecule has 98 valence electrons. The van der Waals surface area contributed by atoms with E-state index in [1.807, 2.05) is 31.2 Å². The number of aryl methyl sites for hydroxylation is 1. The van der Waals surface area contributed by atoms with Crippen LogP contribution in [-0.2, 0) is 9.53 Å². The zero-order valence-corrected chi connectivity index (χ0v) is 10.9.